The average molecular weight is 266 g/mol. The topological polar surface area (TPSA) is 41.6 Å². The first-order valence-electron chi connectivity index (χ1n) is 5.86. The van der Waals surface area contributed by atoms with Gasteiger partial charge < -0.3 is 15.0 Å². The lowest BCUT2D eigenvalue weighted by molar-refractivity contribution is -0.110. The minimum Gasteiger partial charge on any atom is -0.497 e. The Bertz CT molecular complexity index is 414. The van der Waals surface area contributed by atoms with Gasteiger partial charge in [-0.15, -0.1) is 0 Å². The Morgan fingerprint density at radius 2 is 1.83 bits per heavy atom. The molecule has 0 spiro atoms. The van der Waals surface area contributed by atoms with Crippen molar-refractivity contribution in [1.29, 1.82) is 0 Å². The van der Waals surface area contributed by atoms with Crippen LogP contribution in [0.25, 0.3) is 0 Å². The minimum absolute atomic E-state index is 0.251. The smallest absolute Gasteiger partial charge is 0.283 e. The molecule has 4 nitrogen and oxygen atoms in total. The van der Waals surface area contributed by atoms with Crippen molar-refractivity contribution >= 4 is 28.8 Å². The summed E-state index contributed by atoms with van der Waals surface area (Å²) >= 11 is 5.13. The number of hydrogen-bond donors (Lipinski definition) is 1. The van der Waals surface area contributed by atoms with Crippen molar-refractivity contribution in [2.75, 3.05) is 25.5 Å². The van der Waals surface area contributed by atoms with Crippen LogP contribution in [0.5, 0.6) is 5.75 Å². The van der Waals surface area contributed by atoms with Crippen LogP contribution < -0.4 is 10.1 Å². The number of carbonyl (C=O) groups is 1. The lowest BCUT2D eigenvalue weighted by atomic mass is 10.3. The Labute approximate surface area is 113 Å². The molecule has 0 aliphatic heterocycles. The second-order valence-corrected chi connectivity index (χ2v) is 4.05. The van der Waals surface area contributed by atoms with Crippen molar-refractivity contribution in [3.05, 3.63) is 24.3 Å². The lowest BCUT2D eigenvalue weighted by Gasteiger charge is -2.20. The van der Waals surface area contributed by atoms with Crippen molar-refractivity contribution in [3.8, 4) is 5.75 Å². The number of nitrogens with one attached hydrogen (secondary N) is 1. The average Bonchev–Trinajstić information content (AvgIpc) is 2.40. The molecular weight excluding hydrogens is 248 g/mol. The predicted molar refractivity (Wildman–Crippen MR) is 77.1 cm³/mol. The number of amides is 1. The van der Waals surface area contributed by atoms with E-state index in [-0.39, 0.29) is 5.91 Å². The fraction of sp³-hybridized carbons (Fsp3) is 0.385. The van der Waals surface area contributed by atoms with Gasteiger partial charge in [0.05, 0.1) is 7.11 Å². The number of ether oxygens (including phenoxy) is 1. The summed E-state index contributed by atoms with van der Waals surface area (Å²) < 4.78 is 5.05. The Balaban J connectivity index is 2.66. The molecule has 1 aromatic carbocycles. The van der Waals surface area contributed by atoms with Crippen molar-refractivity contribution in [3.63, 3.8) is 0 Å². The van der Waals surface area contributed by atoms with E-state index in [4.69, 9.17) is 17.0 Å². The summed E-state index contributed by atoms with van der Waals surface area (Å²) in [5.41, 5.74) is 0.704. The summed E-state index contributed by atoms with van der Waals surface area (Å²) in [6, 6.07) is 7.13. The van der Waals surface area contributed by atoms with Gasteiger partial charge in [-0.05, 0) is 38.1 Å². The van der Waals surface area contributed by atoms with Crippen LogP contribution >= 0.6 is 12.2 Å². The van der Waals surface area contributed by atoms with Gasteiger partial charge in [0.1, 0.15) is 5.75 Å². The molecule has 0 aliphatic rings. The quantitative estimate of drug-likeness (QED) is 0.849. The van der Waals surface area contributed by atoms with E-state index in [0.29, 0.717) is 10.7 Å². The second kappa shape index (κ2) is 6.96. The molecular formula is C13H18N2O2S. The zero-order chi connectivity index (χ0) is 13.5. The fourth-order valence-electron chi connectivity index (χ4n) is 1.51. The highest BCUT2D eigenvalue weighted by atomic mass is 32.1. The summed E-state index contributed by atoms with van der Waals surface area (Å²) in [6.07, 6.45) is 0. The summed E-state index contributed by atoms with van der Waals surface area (Å²) in [5, 5.41) is 2.76. The van der Waals surface area contributed by atoms with Crippen molar-refractivity contribution in [2.45, 2.75) is 13.8 Å². The SMILES string of the molecule is CCN(CC)C(=S)C(=O)Nc1ccc(OC)cc1. The molecule has 1 N–H and O–H groups in total. The Morgan fingerprint density at radius 1 is 1.28 bits per heavy atom. The van der Waals surface area contributed by atoms with E-state index in [1.807, 2.05) is 18.7 Å². The molecule has 98 valence electrons. The number of carbonyl (C=O) groups excluding carboxylic acids is 1. The van der Waals surface area contributed by atoms with Gasteiger partial charge in [0, 0.05) is 18.8 Å². The zero-order valence-electron chi connectivity index (χ0n) is 10.9. The van der Waals surface area contributed by atoms with Gasteiger partial charge in [-0.25, -0.2) is 0 Å². The van der Waals surface area contributed by atoms with Crippen molar-refractivity contribution in [2.24, 2.45) is 0 Å². The Hall–Kier alpha value is -1.62. The van der Waals surface area contributed by atoms with Gasteiger partial charge in [-0.2, -0.15) is 0 Å². The zero-order valence-corrected chi connectivity index (χ0v) is 11.7. The molecule has 0 unspecified atom stereocenters. The Morgan fingerprint density at radius 3 is 2.28 bits per heavy atom. The first-order chi connectivity index (χ1) is 8.62. The van der Waals surface area contributed by atoms with Gasteiger partial charge in [0.15, 0.2) is 4.99 Å². The van der Waals surface area contributed by atoms with Gasteiger partial charge >= 0.3 is 0 Å². The molecule has 0 fully saturated rings. The van der Waals surface area contributed by atoms with E-state index in [2.05, 4.69) is 5.32 Å². The van der Waals surface area contributed by atoms with Crippen LogP contribution in [-0.4, -0.2) is 36.0 Å². The number of thiocarbonyl (C=S) groups is 1. The third-order valence-electron chi connectivity index (χ3n) is 2.59. The van der Waals surface area contributed by atoms with Crippen LogP contribution in [0.15, 0.2) is 24.3 Å². The molecule has 1 aromatic rings. The van der Waals surface area contributed by atoms with Crippen LogP contribution in [0.1, 0.15) is 13.8 Å². The molecule has 0 aliphatic carbocycles. The molecule has 1 rings (SSSR count). The van der Waals surface area contributed by atoms with Crippen LogP contribution in [0, 0.1) is 0 Å². The molecule has 0 radical (unpaired) electrons. The Kier molecular flexibility index (Phi) is 5.58. The largest absolute Gasteiger partial charge is 0.497 e. The maximum atomic E-state index is 11.9. The molecule has 0 atom stereocenters. The summed E-state index contributed by atoms with van der Waals surface area (Å²) in [5.74, 6) is 0.498. The van der Waals surface area contributed by atoms with Crippen molar-refractivity contribution in [1.82, 2.24) is 4.90 Å². The van der Waals surface area contributed by atoms with Gasteiger partial charge in [-0.1, -0.05) is 12.2 Å². The van der Waals surface area contributed by atoms with Crippen LogP contribution in [0.2, 0.25) is 0 Å². The van der Waals surface area contributed by atoms with E-state index in [9.17, 15) is 4.79 Å². The molecule has 0 saturated heterocycles. The second-order valence-electron chi connectivity index (χ2n) is 3.66. The molecule has 0 bridgehead atoms. The lowest BCUT2D eigenvalue weighted by Crippen LogP contribution is -2.38. The van der Waals surface area contributed by atoms with E-state index >= 15 is 0 Å². The highest BCUT2D eigenvalue weighted by Gasteiger charge is 2.14. The van der Waals surface area contributed by atoms with E-state index < -0.39 is 0 Å². The first kappa shape index (κ1) is 14.4. The number of rotatable bonds is 4. The predicted octanol–water partition coefficient (Wildman–Crippen LogP) is 2.30. The maximum absolute atomic E-state index is 11.9. The first-order valence-corrected chi connectivity index (χ1v) is 6.27. The highest BCUT2D eigenvalue weighted by Crippen LogP contribution is 2.15. The number of hydrogen-bond acceptors (Lipinski definition) is 3. The summed E-state index contributed by atoms with van der Waals surface area (Å²) in [7, 11) is 1.60. The van der Waals surface area contributed by atoms with E-state index in [1.54, 1.807) is 31.4 Å². The van der Waals surface area contributed by atoms with E-state index in [0.717, 1.165) is 18.8 Å². The summed E-state index contributed by atoms with van der Waals surface area (Å²) in [6.45, 7) is 5.39. The van der Waals surface area contributed by atoms with Crippen LogP contribution in [-0.2, 0) is 4.79 Å². The maximum Gasteiger partial charge on any atom is 0.283 e. The van der Waals surface area contributed by atoms with Crippen molar-refractivity contribution < 1.29 is 9.53 Å². The van der Waals surface area contributed by atoms with Crippen LogP contribution in [0.4, 0.5) is 5.69 Å². The fourth-order valence-corrected chi connectivity index (χ4v) is 1.82. The van der Waals surface area contributed by atoms with Gasteiger partial charge in [-0.3, -0.25) is 4.79 Å². The van der Waals surface area contributed by atoms with E-state index in [1.165, 1.54) is 0 Å². The van der Waals surface area contributed by atoms with Gasteiger partial charge in [0.2, 0.25) is 0 Å². The van der Waals surface area contributed by atoms with Gasteiger partial charge in [0.25, 0.3) is 5.91 Å². The van der Waals surface area contributed by atoms with Crippen LogP contribution in [0.3, 0.4) is 0 Å². The summed E-state index contributed by atoms with van der Waals surface area (Å²) in [4.78, 5) is 14.1. The molecule has 1 amide bonds. The monoisotopic (exact) mass is 266 g/mol. The number of likely N-dealkylation sites (N-methyl/N-ethyl adjacent to an activating group) is 1. The number of methoxy groups -OCH3 is 1. The normalized spacial score (nSPS) is 9.72. The molecule has 0 saturated carbocycles. The molecule has 0 aromatic heterocycles. The number of nitrogens with zero attached hydrogens (tertiary/aromatic N) is 1. The third kappa shape index (κ3) is 3.70. The highest BCUT2D eigenvalue weighted by molar-refractivity contribution is 7.82. The number of benzene rings is 1. The minimum atomic E-state index is -0.251. The molecule has 18 heavy (non-hydrogen) atoms. The third-order valence-corrected chi connectivity index (χ3v) is 3.04. The molecule has 5 heteroatoms. The number of anilines is 1. The standard InChI is InChI=1S/C13H18N2O2S/c1-4-15(5-2)13(18)12(16)14-10-6-8-11(17-3)9-7-10/h6-9H,4-5H2,1-3H3,(H,14,16). The molecule has 0 heterocycles.